The average molecular weight is 322 g/mol. The smallest absolute Gasteiger partial charge is 0.168 e. The number of hydrogen-bond acceptors (Lipinski definition) is 3. The maximum atomic E-state index is 12.2. The number of thiophene rings is 1. The van der Waals surface area contributed by atoms with E-state index >= 15 is 0 Å². The molecule has 2 aromatic rings. The normalized spacial score (nSPS) is 13.6. The molecule has 1 aromatic heterocycles. The van der Waals surface area contributed by atoms with Crippen LogP contribution in [0.5, 0.6) is 0 Å². The number of rotatable bonds is 3. The monoisotopic (exact) mass is 321 g/mol. The van der Waals surface area contributed by atoms with Crippen molar-refractivity contribution < 1.29 is 4.79 Å². The Morgan fingerprint density at radius 1 is 1.22 bits per heavy atom. The first-order valence-electron chi connectivity index (χ1n) is 5.82. The molecule has 0 aliphatic carbocycles. The van der Waals surface area contributed by atoms with E-state index in [4.69, 9.17) is 0 Å². The van der Waals surface area contributed by atoms with Crippen molar-refractivity contribution in [1.82, 2.24) is 5.32 Å². The molecule has 0 bridgehead atoms. The molecule has 1 aromatic carbocycles. The molecule has 4 heteroatoms. The third kappa shape index (κ3) is 2.41. The summed E-state index contributed by atoms with van der Waals surface area (Å²) in [5, 5.41) is 3.29. The topological polar surface area (TPSA) is 29.1 Å². The van der Waals surface area contributed by atoms with Crippen LogP contribution in [0.15, 0.2) is 34.1 Å². The molecule has 0 fully saturated rings. The SMILES string of the molecule is O=C(Cc1ccc(Br)s1)c1ccc2c(c1)CNC2. The molecule has 0 radical (unpaired) electrons. The van der Waals surface area contributed by atoms with E-state index in [9.17, 15) is 4.79 Å². The van der Waals surface area contributed by atoms with Crippen molar-refractivity contribution in [2.45, 2.75) is 19.5 Å². The summed E-state index contributed by atoms with van der Waals surface area (Å²) in [6.07, 6.45) is 0.489. The molecule has 0 spiro atoms. The van der Waals surface area contributed by atoms with Gasteiger partial charge in [0.05, 0.1) is 3.79 Å². The van der Waals surface area contributed by atoms with Crippen LogP contribution in [-0.4, -0.2) is 5.78 Å². The van der Waals surface area contributed by atoms with E-state index in [1.165, 1.54) is 11.1 Å². The Bertz CT molecular complexity index is 606. The molecule has 0 atom stereocenters. The molecule has 2 heterocycles. The van der Waals surface area contributed by atoms with E-state index < -0.39 is 0 Å². The highest BCUT2D eigenvalue weighted by Gasteiger charge is 2.14. The van der Waals surface area contributed by atoms with Gasteiger partial charge in [0.25, 0.3) is 0 Å². The Hall–Kier alpha value is -0.970. The first-order valence-corrected chi connectivity index (χ1v) is 7.43. The molecule has 92 valence electrons. The lowest BCUT2D eigenvalue weighted by molar-refractivity contribution is 0.0993. The van der Waals surface area contributed by atoms with Crippen LogP contribution in [0.1, 0.15) is 26.4 Å². The number of Topliss-reactive ketones (excluding diaryl/α,β-unsaturated/α-hetero) is 1. The van der Waals surface area contributed by atoms with E-state index in [1.54, 1.807) is 11.3 Å². The Kier molecular flexibility index (Phi) is 3.33. The summed E-state index contributed by atoms with van der Waals surface area (Å²) in [5.41, 5.74) is 3.39. The molecule has 1 aliphatic heterocycles. The van der Waals surface area contributed by atoms with Crippen molar-refractivity contribution in [3.05, 3.63) is 55.7 Å². The molecule has 0 saturated heterocycles. The molecular formula is C14H12BrNOS. The Balaban J connectivity index is 1.80. The molecule has 0 unspecified atom stereocenters. The first kappa shape index (κ1) is 12.1. The van der Waals surface area contributed by atoms with Crippen LogP contribution < -0.4 is 5.32 Å². The zero-order chi connectivity index (χ0) is 12.5. The van der Waals surface area contributed by atoms with Crippen LogP contribution in [0.25, 0.3) is 0 Å². The van der Waals surface area contributed by atoms with Crippen molar-refractivity contribution in [2.75, 3.05) is 0 Å². The van der Waals surface area contributed by atoms with Gasteiger partial charge in [0.1, 0.15) is 0 Å². The zero-order valence-electron chi connectivity index (χ0n) is 9.70. The van der Waals surface area contributed by atoms with Gasteiger partial charge in [-0.05, 0) is 45.3 Å². The van der Waals surface area contributed by atoms with Gasteiger partial charge in [-0.15, -0.1) is 11.3 Å². The van der Waals surface area contributed by atoms with Gasteiger partial charge < -0.3 is 5.32 Å². The van der Waals surface area contributed by atoms with Gasteiger partial charge in [0, 0.05) is 30.0 Å². The molecule has 0 saturated carbocycles. The third-order valence-electron chi connectivity index (χ3n) is 3.12. The summed E-state index contributed by atoms with van der Waals surface area (Å²) in [6, 6.07) is 10.0. The quantitative estimate of drug-likeness (QED) is 0.876. The Labute approximate surface area is 118 Å². The predicted molar refractivity (Wildman–Crippen MR) is 77.0 cm³/mol. The standard InChI is InChI=1S/C14H12BrNOS/c15-14-4-3-12(18-14)6-13(17)9-1-2-10-7-16-8-11(10)5-9/h1-5,16H,6-8H2. The minimum atomic E-state index is 0.194. The molecule has 2 nitrogen and oxygen atoms in total. The van der Waals surface area contributed by atoms with Crippen LogP contribution in [-0.2, 0) is 19.5 Å². The number of carbonyl (C=O) groups excluding carboxylic acids is 1. The second kappa shape index (κ2) is 4.96. The summed E-state index contributed by atoms with van der Waals surface area (Å²) < 4.78 is 1.07. The van der Waals surface area contributed by atoms with Gasteiger partial charge >= 0.3 is 0 Å². The lowest BCUT2D eigenvalue weighted by Crippen LogP contribution is -2.03. The van der Waals surface area contributed by atoms with Crippen LogP contribution in [0, 0.1) is 0 Å². The van der Waals surface area contributed by atoms with Gasteiger partial charge in [0.15, 0.2) is 5.78 Å². The number of hydrogen-bond donors (Lipinski definition) is 1. The van der Waals surface area contributed by atoms with Gasteiger partial charge in [-0.25, -0.2) is 0 Å². The number of halogens is 1. The molecular weight excluding hydrogens is 310 g/mol. The van der Waals surface area contributed by atoms with Gasteiger partial charge in [0.2, 0.25) is 0 Å². The van der Waals surface area contributed by atoms with Crippen molar-refractivity contribution in [3.63, 3.8) is 0 Å². The zero-order valence-corrected chi connectivity index (χ0v) is 12.1. The van der Waals surface area contributed by atoms with E-state index in [0.717, 1.165) is 27.3 Å². The molecule has 1 N–H and O–H groups in total. The minimum Gasteiger partial charge on any atom is -0.309 e. The summed E-state index contributed by atoms with van der Waals surface area (Å²) in [6.45, 7) is 1.79. The Morgan fingerprint density at radius 2 is 2.06 bits per heavy atom. The van der Waals surface area contributed by atoms with Crippen molar-refractivity contribution >= 4 is 33.0 Å². The van der Waals surface area contributed by atoms with Crippen molar-refractivity contribution in [1.29, 1.82) is 0 Å². The van der Waals surface area contributed by atoms with E-state index in [2.05, 4.69) is 27.3 Å². The van der Waals surface area contributed by atoms with Crippen LogP contribution in [0.3, 0.4) is 0 Å². The number of fused-ring (bicyclic) bond motifs is 1. The van der Waals surface area contributed by atoms with Crippen LogP contribution in [0.4, 0.5) is 0 Å². The third-order valence-corrected chi connectivity index (χ3v) is 4.75. The number of benzene rings is 1. The molecule has 1 aliphatic rings. The summed E-state index contributed by atoms with van der Waals surface area (Å²) in [7, 11) is 0. The lowest BCUT2D eigenvalue weighted by atomic mass is 10.0. The van der Waals surface area contributed by atoms with Crippen LogP contribution in [0.2, 0.25) is 0 Å². The fourth-order valence-corrected chi connectivity index (χ4v) is 3.66. The first-order chi connectivity index (χ1) is 8.72. The Morgan fingerprint density at radius 3 is 2.83 bits per heavy atom. The largest absolute Gasteiger partial charge is 0.309 e. The second-order valence-electron chi connectivity index (χ2n) is 4.39. The van der Waals surface area contributed by atoms with Crippen molar-refractivity contribution in [2.24, 2.45) is 0 Å². The summed E-state index contributed by atoms with van der Waals surface area (Å²) >= 11 is 5.04. The summed E-state index contributed by atoms with van der Waals surface area (Å²) in [5.74, 6) is 0.194. The van der Waals surface area contributed by atoms with E-state index in [0.29, 0.717) is 6.42 Å². The highest BCUT2D eigenvalue weighted by Crippen LogP contribution is 2.24. The second-order valence-corrected chi connectivity index (χ2v) is 6.94. The van der Waals surface area contributed by atoms with E-state index in [-0.39, 0.29) is 5.78 Å². The lowest BCUT2D eigenvalue weighted by Gasteiger charge is -2.03. The van der Waals surface area contributed by atoms with Crippen molar-refractivity contribution in [3.8, 4) is 0 Å². The molecule has 3 rings (SSSR count). The van der Waals surface area contributed by atoms with Gasteiger partial charge in [-0.3, -0.25) is 4.79 Å². The minimum absolute atomic E-state index is 0.194. The predicted octanol–water partition coefficient (Wildman–Crippen LogP) is 3.54. The summed E-state index contributed by atoms with van der Waals surface area (Å²) in [4.78, 5) is 13.3. The fraction of sp³-hybridized carbons (Fsp3) is 0.214. The molecule has 18 heavy (non-hydrogen) atoms. The average Bonchev–Trinajstić information content (AvgIpc) is 2.96. The molecule has 0 amide bonds. The fourth-order valence-electron chi connectivity index (χ4n) is 2.18. The number of carbonyl (C=O) groups is 1. The van der Waals surface area contributed by atoms with Gasteiger partial charge in [-0.2, -0.15) is 0 Å². The highest BCUT2D eigenvalue weighted by atomic mass is 79.9. The van der Waals surface area contributed by atoms with E-state index in [1.807, 2.05) is 24.3 Å². The maximum absolute atomic E-state index is 12.2. The number of nitrogens with one attached hydrogen (secondary N) is 1. The maximum Gasteiger partial charge on any atom is 0.168 e. The highest BCUT2D eigenvalue weighted by molar-refractivity contribution is 9.11. The van der Waals surface area contributed by atoms with Gasteiger partial charge in [-0.1, -0.05) is 12.1 Å². The van der Waals surface area contributed by atoms with Crippen LogP contribution >= 0.6 is 27.3 Å². The number of ketones is 1.